The average Bonchev–Trinajstić information content (AvgIpc) is 2.95. The second kappa shape index (κ2) is 6.15. The van der Waals surface area contributed by atoms with Crippen molar-refractivity contribution >= 4 is 5.97 Å². The van der Waals surface area contributed by atoms with Crippen molar-refractivity contribution in [1.29, 1.82) is 0 Å². The minimum absolute atomic E-state index is 0.378. The summed E-state index contributed by atoms with van der Waals surface area (Å²) < 4.78 is 12.0. The molecule has 1 atom stereocenters. The highest BCUT2D eigenvalue weighted by Crippen LogP contribution is 2.16. The average molecular weight is 260 g/mol. The van der Waals surface area contributed by atoms with E-state index in [1.807, 2.05) is 31.3 Å². The van der Waals surface area contributed by atoms with E-state index in [-0.39, 0.29) is 5.97 Å². The maximum Gasteiger partial charge on any atom is 0.340 e. The van der Waals surface area contributed by atoms with Gasteiger partial charge < -0.3 is 9.47 Å². The molecule has 0 spiro atoms. The van der Waals surface area contributed by atoms with E-state index in [2.05, 4.69) is 5.10 Å². The molecule has 5 nitrogen and oxygen atoms in total. The monoisotopic (exact) mass is 260 g/mol. The van der Waals surface area contributed by atoms with Gasteiger partial charge in [0.25, 0.3) is 0 Å². The predicted octanol–water partition coefficient (Wildman–Crippen LogP) is 2.20. The molecule has 5 heteroatoms. The quantitative estimate of drug-likeness (QED) is 0.611. The molecule has 0 unspecified atom stereocenters. The Morgan fingerprint density at radius 1 is 1.37 bits per heavy atom. The van der Waals surface area contributed by atoms with Gasteiger partial charge in [-0.1, -0.05) is 6.92 Å². The number of rotatable bonds is 5. The van der Waals surface area contributed by atoms with E-state index < -0.39 is 6.10 Å². The van der Waals surface area contributed by atoms with Crippen LogP contribution < -0.4 is 4.74 Å². The van der Waals surface area contributed by atoms with Crippen LogP contribution in [0, 0.1) is 0 Å². The van der Waals surface area contributed by atoms with E-state index in [0.29, 0.717) is 12.2 Å². The number of esters is 1. The molecular weight excluding hydrogens is 244 g/mol. The summed E-state index contributed by atoms with van der Waals surface area (Å²) in [5, 5.41) is 4.12. The van der Waals surface area contributed by atoms with Crippen LogP contribution in [-0.4, -0.2) is 29.0 Å². The maximum absolute atomic E-state index is 11.7. The SMILES string of the molecule is CC[C@@H](OC)C(=O)Oc1ccc(-n2cccn2)cc1. The summed E-state index contributed by atoms with van der Waals surface area (Å²) in [4.78, 5) is 11.7. The summed E-state index contributed by atoms with van der Waals surface area (Å²) in [6.45, 7) is 1.87. The number of methoxy groups -OCH3 is 1. The molecule has 0 N–H and O–H groups in total. The zero-order chi connectivity index (χ0) is 13.7. The molecule has 1 heterocycles. The van der Waals surface area contributed by atoms with Gasteiger partial charge in [-0.25, -0.2) is 9.48 Å². The number of aromatic nitrogens is 2. The molecule has 0 bridgehead atoms. The molecule has 2 aromatic rings. The van der Waals surface area contributed by atoms with Crippen LogP contribution in [0.15, 0.2) is 42.7 Å². The lowest BCUT2D eigenvalue weighted by Crippen LogP contribution is -2.26. The van der Waals surface area contributed by atoms with Crippen molar-refractivity contribution in [1.82, 2.24) is 9.78 Å². The van der Waals surface area contributed by atoms with Crippen molar-refractivity contribution in [2.24, 2.45) is 0 Å². The Balaban J connectivity index is 2.05. The Kier molecular flexibility index (Phi) is 4.30. The summed E-state index contributed by atoms with van der Waals surface area (Å²) in [5.41, 5.74) is 0.906. The van der Waals surface area contributed by atoms with Crippen LogP contribution in [0.25, 0.3) is 5.69 Å². The zero-order valence-electron chi connectivity index (χ0n) is 10.9. The number of carbonyl (C=O) groups excluding carboxylic acids is 1. The first-order valence-electron chi connectivity index (χ1n) is 6.09. The standard InChI is InChI=1S/C14H16N2O3/c1-3-13(18-2)14(17)19-12-7-5-11(6-8-12)16-10-4-9-15-16/h4-10,13H,3H2,1-2H3/t13-/m1/s1. The lowest BCUT2D eigenvalue weighted by atomic mass is 10.2. The van der Waals surface area contributed by atoms with E-state index in [4.69, 9.17) is 9.47 Å². The Morgan fingerprint density at radius 2 is 2.11 bits per heavy atom. The molecule has 2 rings (SSSR count). The van der Waals surface area contributed by atoms with Gasteiger partial charge >= 0.3 is 5.97 Å². The first kappa shape index (κ1) is 13.3. The Labute approximate surface area is 111 Å². The van der Waals surface area contributed by atoms with Gasteiger partial charge in [0.1, 0.15) is 5.75 Å². The second-order valence-corrected chi connectivity index (χ2v) is 4.00. The summed E-state index contributed by atoms with van der Waals surface area (Å²) in [5.74, 6) is 0.119. The van der Waals surface area contributed by atoms with Crippen LogP contribution >= 0.6 is 0 Å². The summed E-state index contributed by atoms with van der Waals surface area (Å²) >= 11 is 0. The molecule has 100 valence electrons. The fraction of sp³-hybridized carbons (Fsp3) is 0.286. The number of carbonyl (C=O) groups is 1. The Morgan fingerprint density at radius 3 is 2.63 bits per heavy atom. The topological polar surface area (TPSA) is 53.4 Å². The number of hydrogen-bond acceptors (Lipinski definition) is 4. The van der Waals surface area contributed by atoms with Crippen molar-refractivity contribution in [2.45, 2.75) is 19.4 Å². The van der Waals surface area contributed by atoms with Gasteiger partial charge in [0, 0.05) is 19.5 Å². The molecule has 0 fully saturated rings. The smallest absolute Gasteiger partial charge is 0.340 e. The molecule has 0 saturated heterocycles. The first-order chi connectivity index (χ1) is 9.24. The lowest BCUT2D eigenvalue weighted by molar-refractivity contribution is -0.145. The van der Waals surface area contributed by atoms with Gasteiger partial charge in [-0.3, -0.25) is 0 Å². The fourth-order valence-electron chi connectivity index (χ4n) is 1.70. The van der Waals surface area contributed by atoms with Gasteiger partial charge in [0.05, 0.1) is 5.69 Å². The number of nitrogens with zero attached hydrogens (tertiary/aromatic N) is 2. The molecule has 1 aromatic carbocycles. The maximum atomic E-state index is 11.7. The van der Waals surface area contributed by atoms with Crippen LogP contribution in [0.4, 0.5) is 0 Å². The van der Waals surface area contributed by atoms with E-state index >= 15 is 0 Å². The van der Waals surface area contributed by atoms with Crippen molar-refractivity contribution in [3.63, 3.8) is 0 Å². The number of hydrogen-bond donors (Lipinski definition) is 0. The molecule has 1 aromatic heterocycles. The molecule has 0 amide bonds. The van der Waals surface area contributed by atoms with Crippen molar-refractivity contribution < 1.29 is 14.3 Å². The van der Waals surface area contributed by atoms with E-state index in [1.54, 1.807) is 23.0 Å². The number of ether oxygens (including phenoxy) is 2. The third-order valence-corrected chi connectivity index (χ3v) is 2.74. The molecule has 0 aliphatic heterocycles. The van der Waals surface area contributed by atoms with Crippen molar-refractivity contribution in [2.75, 3.05) is 7.11 Å². The highest BCUT2D eigenvalue weighted by Gasteiger charge is 2.17. The molecule has 0 aliphatic rings. The van der Waals surface area contributed by atoms with Gasteiger partial charge in [0.2, 0.25) is 0 Å². The first-order valence-corrected chi connectivity index (χ1v) is 6.09. The third kappa shape index (κ3) is 3.20. The van der Waals surface area contributed by atoms with E-state index in [1.165, 1.54) is 7.11 Å². The van der Waals surface area contributed by atoms with E-state index in [0.717, 1.165) is 5.69 Å². The largest absolute Gasteiger partial charge is 0.425 e. The van der Waals surface area contributed by atoms with Crippen molar-refractivity contribution in [3.05, 3.63) is 42.7 Å². The summed E-state index contributed by atoms with van der Waals surface area (Å²) in [6, 6.07) is 8.99. The molecule has 0 radical (unpaired) electrons. The highest BCUT2D eigenvalue weighted by atomic mass is 16.6. The molecule has 0 saturated carbocycles. The third-order valence-electron chi connectivity index (χ3n) is 2.74. The van der Waals surface area contributed by atoms with Gasteiger partial charge in [-0.15, -0.1) is 0 Å². The van der Waals surface area contributed by atoms with Crippen LogP contribution in [0.1, 0.15) is 13.3 Å². The fourth-order valence-corrected chi connectivity index (χ4v) is 1.70. The predicted molar refractivity (Wildman–Crippen MR) is 70.3 cm³/mol. The minimum Gasteiger partial charge on any atom is -0.425 e. The summed E-state index contributed by atoms with van der Waals surface area (Å²) in [7, 11) is 1.50. The number of benzene rings is 1. The normalized spacial score (nSPS) is 12.1. The van der Waals surface area contributed by atoms with Gasteiger partial charge in [0.15, 0.2) is 6.10 Å². The second-order valence-electron chi connectivity index (χ2n) is 4.00. The molecule has 0 aliphatic carbocycles. The van der Waals surface area contributed by atoms with E-state index in [9.17, 15) is 4.79 Å². The molecular formula is C14H16N2O3. The van der Waals surface area contributed by atoms with Crippen molar-refractivity contribution in [3.8, 4) is 11.4 Å². The molecule has 19 heavy (non-hydrogen) atoms. The van der Waals surface area contributed by atoms with Gasteiger partial charge in [-0.2, -0.15) is 5.10 Å². The zero-order valence-corrected chi connectivity index (χ0v) is 10.9. The van der Waals surface area contributed by atoms with Crippen LogP contribution in [0.3, 0.4) is 0 Å². The van der Waals surface area contributed by atoms with Crippen LogP contribution in [0.2, 0.25) is 0 Å². The minimum atomic E-state index is -0.522. The van der Waals surface area contributed by atoms with Crippen LogP contribution in [0.5, 0.6) is 5.75 Å². The van der Waals surface area contributed by atoms with Crippen LogP contribution in [-0.2, 0) is 9.53 Å². The summed E-state index contributed by atoms with van der Waals surface area (Å²) in [6.07, 6.45) is 3.61. The van der Waals surface area contributed by atoms with Gasteiger partial charge in [-0.05, 0) is 36.8 Å². The Hall–Kier alpha value is -2.14. The lowest BCUT2D eigenvalue weighted by Gasteiger charge is -2.12. The Bertz CT molecular complexity index is 516. The highest BCUT2D eigenvalue weighted by molar-refractivity contribution is 5.77.